The number of piperidine rings is 1. The van der Waals surface area contributed by atoms with E-state index in [1.807, 2.05) is 42.5 Å². The highest BCUT2D eigenvalue weighted by atomic mass is 16.5. The predicted molar refractivity (Wildman–Crippen MR) is 141 cm³/mol. The van der Waals surface area contributed by atoms with Crippen LogP contribution in [0.1, 0.15) is 67.8 Å². The van der Waals surface area contributed by atoms with Gasteiger partial charge in [0.15, 0.2) is 0 Å². The second-order valence-corrected chi connectivity index (χ2v) is 10.9. The summed E-state index contributed by atoms with van der Waals surface area (Å²) in [5.74, 6) is 0.942. The number of rotatable bonds is 7. The number of fused-ring (bicyclic) bond motifs is 1. The summed E-state index contributed by atoms with van der Waals surface area (Å²) < 4.78 is 5.99. The van der Waals surface area contributed by atoms with Gasteiger partial charge in [0.25, 0.3) is 5.91 Å². The fourth-order valence-corrected chi connectivity index (χ4v) is 6.40. The Labute approximate surface area is 215 Å². The van der Waals surface area contributed by atoms with Crippen LogP contribution in [0.2, 0.25) is 0 Å². The molecule has 2 aromatic carbocycles. The lowest BCUT2D eigenvalue weighted by Crippen LogP contribution is -2.54. The van der Waals surface area contributed by atoms with E-state index in [1.54, 1.807) is 0 Å². The van der Waals surface area contributed by atoms with Crippen molar-refractivity contribution in [2.45, 2.75) is 75.9 Å². The summed E-state index contributed by atoms with van der Waals surface area (Å²) in [6.07, 6.45) is 7.61. The van der Waals surface area contributed by atoms with Crippen molar-refractivity contribution in [2.24, 2.45) is 0 Å². The van der Waals surface area contributed by atoms with E-state index in [4.69, 9.17) is 4.74 Å². The van der Waals surface area contributed by atoms with Gasteiger partial charge >= 0.3 is 0 Å². The quantitative estimate of drug-likeness (QED) is 0.625. The third-order valence-corrected chi connectivity index (χ3v) is 8.21. The topological polar surface area (TPSA) is 61.9 Å². The smallest absolute Gasteiger partial charge is 0.254 e. The van der Waals surface area contributed by atoms with Crippen LogP contribution in [0, 0.1) is 0 Å². The van der Waals surface area contributed by atoms with Gasteiger partial charge in [-0.2, -0.15) is 0 Å². The minimum absolute atomic E-state index is 0.00867. The van der Waals surface area contributed by atoms with Crippen molar-refractivity contribution >= 4 is 11.8 Å². The maximum absolute atomic E-state index is 13.9. The Kier molecular flexibility index (Phi) is 7.61. The molecule has 3 saturated heterocycles. The van der Waals surface area contributed by atoms with Crippen LogP contribution in [0.3, 0.4) is 0 Å². The first-order valence-electron chi connectivity index (χ1n) is 13.6. The molecule has 0 unspecified atom stereocenters. The van der Waals surface area contributed by atoms with E-state index in [9.17, 15) is 9.59 Å². The Balaban J connectivity index is 1.30. The average Bonchev–Trinajstić information content (AvgIpc) is 3.06. The summed E-state index contributed by atoms with van der Waals surface area (Å²) in [5, 5.41) is 3.27. The van der Waals surface area contributed by atoms with Crippen LogP contribution >= 0.6 is 0 Å². The van der Waals surface area contributed by atoms with Gasteiger partial charge in [-0.25, -0.2) is 0 Å². The molecule has 0 radical (unpaired) electrons. The van der Waals surface area contributed by atoms with Gasteiger partial charge in [-0.1, -0.05) is 36.8 Å². The van der Waals surface area contributed by atoms with Crippen LogP contribution in [0.4, 0.5) is 0 Å². The maximum atomic E-state index is 13.9. The fourth-order valence-electron chi connectivity index (χ4n) is 6.40. The lowest BCUT2D eigenvalue weighted by atomic mass is 9.88. The first kappa shape index (κ1) is 24.8. The van der Waals surface area contributed by atoms with Gasteiger partial charge in [-0.05, 0) is 88.4 Å². The molecule has 3 aliphatic heterocycles. The molecule has 3 heterocycles. The number of benzene rings is 2. The molecule has 192 valence electrons. The fraction of sp³-hybridized carbons (Fsp3) is 0.533. The van der Waals surface area contributed by atoms with E-state index in [1.165, 1.54) is 24.8 Å². The van der Waals surface area contributed by atoms with E-state index in [2.05, 4.69) is 34.2 Å². The van der Waals surface area contributed by atoms with E-state index >= 15 is 0 Å². The molecule has 1 N–H and O–H groups in total. The highest BCUT2D eigenvalue weighted by Gasteiger charge is 2.52. The highest BCUT2D eigenvalue weighted by Crippen LogP contribution is 2.40. The van der Waals surface area contributed by atoms with E-state index in [0.717, 1.165) is 51.1 Å². The number of carbonyl (C=O) groups is 2. The number of ether oxygens (including phenoxy) is 1. The number of nitrogens with one attached hydrogen (secondary N) is 1. The molecule has 5 rings (SSSR count). The largest absolute Gasteiger partial charge is 0.492 e. The molecule has 0 aliphatic carbocycles. The Morgan fingerprint density at radius 2 is 1.78 bits per heavy atom. The maximum Gasteiger partial charge on any atom is 0.254 e. The Bertz CT molecular complexity index is 1040. The Hall–Kier alpha value is -2.86. The van der Waals surface area contributed by atoms with Gasteiger partial charge in [0, 0.05) is 24.6 Å². The summed E-state index contributed by atoms with van der Waals surface area (Å²) in [5.41, 5.74) is 1.49. The van der Waals surface area contributed by atoms with Gasteiger partial charge < -0.3 is 15.0 Å². The van der Waals surface area contributed by atoms with E-state index < -0.39 is 5.54 Å². The zero-order valence-electron chi connectivity index (χ0n) is 21.5. The zero-order chi connectivity index (χ0) is 25.0. The molecular weight excluding hydrogens is 450 g/mol. The normalized spacial score (nSPS) is 26.7. The summed E-state index contributed by atoms with van der Waals surface area (Å²) in [6.45, 7) is 6.06. The molecule has 3 atom stereocenters. The van der Waals surface area contributed by atoms with Crippen molar-refractivity contribution < 1.29 is 14.3 Å². The number of carbonyl (C=O) groups excluding carboxylic acids is 2. The molecule has 3 fully saturated rings. The SMILES string of the molecule is C[C@]12C[C@@H](Cc3ccccc3)N(C(=O)c3ccc(OCCN4CCCCC4)cc3)[C@H]1CCCC(=O)N2. The first-order valence-corrected chi connectivity index (χ1v) is 13.6. The van der Waals surface area contributed by atoms with Crippen molar-refractivity contribution in [3.8, 4) is 5.75 Å². The van der Waals surface area contributed by atoms with E-state index in [0.29, 0.717) is 18.6 Å². The van der Waals surface area contributed by atoms with Crippen molar-refractivity contribution in [2.75, 3.05) is 26.2 Å². The lowest BCUT2D eigenvalue weighted by molar-refractivity contribution is -0.122. The van der Waals surface area contributed by atoms with Crippen molar-refractivity contribution in [1.82, 2.24) is 15.1 Å². The molecular formula is C30H39N3O3. The predicted octanol–water partition coefficient (Wildman–Crippen LogP) is 4.44. The summed E-state index contributed by atoms with van der Waals surface area (Å²) in [7, 11) is 0. The summed E-state index contributed by atoms with van der Waals surface area (Å²) in [6, 6.07) is 18.0. The van der Waals surface area contributed by atoms with Crippen LogP contribution < -0.4 is 10.1 Å². The van der Waals surface area contributed by atoms with Gasteiger partial charge in [0.1, 0.15) is 12.4 Å². The molecule has 6 heteroatoms. The Morgan fingerprint density at radius 3 is 2.53 bits per heavy atom. The number of nitrogens with zero attached hydrogens (tertiary/aromatic N) is 2. The van der Waals surface area contributed by atoms with Gasteiger partial charge in [0.05, 0.1) is 11.6 Å². The molecule has 0 saturated carbocycles. The number of likely N-dealkylation sites (tertiary alicyclic amines) is 2. The molecule has 6 nitrogen and oxygen atoms in total. The van der Waals surface area contributed by atoms with Crippen molar-refractivity contribution in [1.29, 1.82) is 0 Å². The van der Waals surface area contributed by atoms with Gasteiger partial charge in [0.2, 0.25) is 5.91 Å². The van der Waals surface area contributed by atoms with Crippen LogP contribution in [0.5, 0.6) is 5.75 Å². The molecule has 0 spiro atoms. The van der Waals surface area contributed by atoms with Crippen LogP contribution in [0.15, 0.2) is 54.6 Å². The number of amides is 2. The molecule has 0 bridgehead atoms. The molecule has 0 aromatic heterocycles. The van der Waals surface area contributed by atoms with Crippen LogP contribution in [-0.2, 0) is 11.2 Å². The molecule has 3 aliphatic rings. The lowest BCUT2D eigenvalue weighted by Gasteiger charge is -2.35. The third kappa shape index (κ3) is 5.59. The summed E-state index contributed by atoms with van der Waals surface area (Å²) in [4.78, 5) is 30.9. The zero-order valence-corrected chi connectivity index (χ0v) is 21.5. The Morgan fingerprint density at radius 1 is 1.03 bits per heavy atom. The monoisotopic (exact) mass is 489 g/mol. The number of hydrogen-bond donors (Lipinski definition) is 1. The van der Waals surface area contributed by atoms with Crippen LogP contribution in [0.25, 0.3) is 0 Å². The molecule has 36 heavy (non-hydrogen) atoms. The highest BCUT2D eigenvalue weighted by molar-refractivity contribution is 5.95. The second kappa shape index (κ2) is 11.0. The van der Waals surface area contributed by atoms with E-state index in [-0.39, 0.29) is 23.9 Å². The second-order valence-electron chi connectivity index (χ2n) is 10.9. The molecule has 2 aromatic rings. The van der Waals surface area contributed by atoms with Crippen LogP contribution in [-0.4, -0.2) is 65.5 Å². The minimum atomic E-state index is -0.403. The average molecular weight is 490 g/mol. The number of hydrogen-bond acceptors (Lipinski definition) is 4. The third-order valence-electron chi connectivity index (χ3n) is 8.21. The van der Waals surface area contributed by atoms with Gasteiger partial charge in [-0.15, -0.1) is 0 Å². The van der Waals surface area contributed by atoms with Gasteiger partial charge in [-0.3, -0.25) is 14.5 Å². The first-order chi connectivity index (χ1) is 17.5. The molecule has 2 amide bonds. The standard InChI is InChI=1S/C30H39N3O3/c1-30-22-25(21-23-9-4-2-5-10-23)33(27(30)11-8-12-28(34)31-30)29(35)24-13-15-26(16-14-24)36-20-19-32-17-6-3-7-18-32/h2,4-5,9-10,13-16,25,27H,3,6-8,11-12,17-22H2,1H3,(H,31,34)/t25-,27+,30+/m1/s1. The van der Waals surface area contributed by atoms with Crippen molar-refractivity contribution in [3.63, 3.8) is 0 Å². The minimum Gasteiger partial charge on any atom is -0.492 e. The summed E-state index contributed by atoms with van der Waals surface area (Å²) >= 11 is 0. The van der Waals surface area contributed by atoms with Crippen molar-refractivity contribution in [3.05, 3.63) is 65.7 Å².